The second-order valence-corrected chi connectivity index (χ2v) is 30.2. The summed E-state index contributed by atoms with van der Waals surface area (Å²) in [4.78, 5) is 179. The number of ether oxygens (including phenoxy) is 4. The van der Waals surface area contributed by atoms with Gasteiger partial charge in [-0.1, -0.05) is 131 Å². The Morgan fingerprint density at radius 2 is 1.03 bits per heavy atom. The molecule has 13 N–H and O–H groups in total. The molecule has 2 aliphatic carbocycles. The normalized spacial score (nSPS) is 28.0. The Hall–Kier alpha value is -7.50. The molecule has 105 heavy (non-hydrogen) atoms. The molecule has 0 aromatic heterocycles. The fourth-order valence-corrected chi connectivity index (χ4v) is 14.6. The van der Waals surface area contributed by atoms with Crippen LogP contribution in [-0.2, 0) is 78.2 Å². The first-order valence-electron chi connectivity index (χ1n) is 38.6. The van der Waals surface area contributed by atoms with E-state index in [1.807, 2.05) is 27.7 Å². The summed E-state index contributed by atoms with van der Waals surface area (Å²) in [6.45, 7) is 13.3. The van der Waals surface area contributed by atoms with Crippen LogP contribution in [0.15, 0.2) is 24.3 Å². The van der Waals surface area contributed by atoms with Gasteiger partial charge in [0.2, 0.25) is 59.1 Å². The van der Waals surface area contributed by atoms with E-state index in [4.69, 9.17) is 30.4 Å². The Labute approximate surface area is 621 Å². The smallest absolute Gasteiger partial charge is 0.325 e. The first kappa shape index (κ1) is 88.1. The molecule has 0 bridgehead atoms. The molecule has 4 fully saturated rings. The van der Waals surface area contributed by atoms with Gasteiger partial charge in [0, 0.05) is 33.3 Å². The van der Waals surface area contributed by atoms with Gasteiger partial charge in [-0.3, -0.25) is 57.5 Å². The molecule has 10 amide bonds. The van der Waals surface area contributed by atoms with E-state index < -0.39 is 193 Å². The molecule has 29 heteroatoms. The van der Waals surface area contributed by atoms with Crippen LogP contribution in [0.5, 0.6) is 5.75 Å². The van der Waals surface area contributed by atoms with Gasteiger partial charge in [-0.15, -0.1) is 0 Å². The molecule has 5 rings (SSSR count). The van der Waals surface area contributed by atoms with Gasteiger partial charge in [0.15, 0.2) is 0 Å². The maximum atomic E-state index is 15.9. The SMILES string of the molecule is CCCCCC[C@H]1OC(=O)CNC(=O)[C@H]([C@H](C)OCC(C)C[C@H]2C(=O)N[C@@H](C3CCCCC3)C(=O)N[C@@H](CN)C(=O)N[C@@H]([C@H](C)O)C(=O)NCC(=O)O[C@H](CCCCCC)[C@@H](Cc3ccc(OC)cc3)C(=O)N2C)NC(=O)[C@H]([C@H](C)N)NC(=O)[C@H](C2CCCCC2)NC(=O)[C@H](CC(C)C)N(C)C(=O)[C@@H]1C. The van der Waals surface area contributed by atoms with Crippen molar-refractivity contribution in [1.82, 2.24) is 52.3 Å². The molecular weight excluding hydrogens is 1350 g/mol. The third-order valence-corrected chi connectivity index (χ3v) is 21.1. The van der Waals surface area contributed by atoms with Crippen molar-refractivity contribution in [1.29, 1.82) is 0 Å². The molecule has 1 aromatic rings. The maximum absolute atomic E-state index is 15.9. The number of carbonyl (C=O) groups excluding carboxylic acids is 12. The average Bonchev–Trinajstić information content (AvgIpc) is 1.67. The largest absolute Gasteiger partial charge is 0.497 e. The van der Waals surface area contributed by atoms with Gasteiger partial charge in [-0.25, -0.2) is 0 Å². The van der Waals surface area contributed by atoms with Crippen LogP contribution in [0.2, 0.25) is 0 Å². The van der Waals surface area contributed by atoms with Gasteiger partial charge in [-0.2, -0.15) is 0 Å². The van der Waals surface area contributed by atoms with Gasteiger partial charge in [0.1, 0.15) is 79.4 Å². The number of carbonyl (C=O) groups is 12. The third-order valence-electron chi connectivity index (χ3n) is 21.1. The molecule has 1 unspecified atom stereocenters. The van der Waals surface area contributed by atoms with Crippen molar-refractivity contribution in [2.75, 3.05) is 47.4 Å². The van der Waals surface area contributed by atoms with Gasteiger partial charge < -0.3 is 87.9 Å². The number of nitrogens with zero attached hydrogens (tertiary/aromatic N) is 2. The lowest BCUT2D eigenvalue weighted by Crippen LogP contribution is -2.64. The van der Waals surface area contributed by atoms with E-state index in [9.17, 15) is 53.1 Å². The second kappa shape index (κ2) is 44.6. The van der Waals surface area contributed by atoms with Crippen LogP contribution < -0.4 is 58.7 Å². The van der Waals surface area contributed by atoms with Gasteiger partial charge in [0.05, 0.1) is 31.2 Å². The lowest BCUT2D eigenvalue weighted by atomic mass is 9.83. The summed E-state index contributed by atoms with van der Waals surface area (Å²) in [6.07, 6.45) is 8.54. The van der Waals surface area contributed by atoms with Crippen LogP contribution in [0, 0.1) is 35.5 Å². The molecule has 0 radical (unpaired) electrons. The van der Waals surface area contributed by atoms with E-state index >= 15 is 9.59 Å². The van der Waals surface area contributed by atoms with Crippen molar-refractivity contribution in [3.05, 3.63) is 29.8 Å². The highest BCUT2D eigenvalue weighted by molar-refractivity contribution is 5.98. The molecule has 2 saturated carbocycles. The highest BCUT2D eigenvalue weighted by atomic mass is 16.6. The van der Waals surface area contributed by atoms with Crippen molar-refractivity contribution in [2.24, 2.45) is 47.0 Å². The topological polar surface area (TPSA) is 417 Å². The summed E-state index contributed by atoms with van der Waals surface area (Å²) >= 11 is 0. The number of amides is 10. The molecule has 592 valence electrons. The van der Waals surface area contributed by atoms with Crippen LogP contribution in [0.4, 0.5) is 0 Å². The highest BCUT2D eigenvalue weighted by Crippen LogP contribution is 2.32. The monoisotopic (exact) mass is 1480 g/mol. The van der Waals surface area contributed by atoms with E-state index in [1.165, 1.54) is 51.8 Å². The van der Waals surface area contributed by atoms with Crippen molar-refractivity contribution in [3.8, 4) is 5.75 Å². The predicted molar refractivity (Wildman–Crippen MR) is 394 cm³/mol. The van der Waals surface area contributed by atoms with E-state index in [2.05, 4.69) is 42.5 Å². The molecule has 0 spiro atoms. The quantitative estimate of drug-likeness (QED) is 0.0468. The Kier molecular flexibility index (Phi) is 37.4. The second-order valence-electron chi connectivity index (χ2n) is 30.2. The number of aliphatic hydroxyl groups is 1. The van der Waals surface area contributed by atoms with Crippen LogP contribution in [0.1, 0.15) is 209 Å². The number of benzene rings is 1. The van der Waals surface area contributed by atoms with E-state index in [0.29, 0.717) is 69.1 Å². The third kappa shape index (κ3) is 27.4. The molecule has 4 aliphatic rings. The molecule has 2 saturated heterocycles. The molecule has 2 aliphatic heterocycles. The summed E-state index contributed by atoms with van der Waals surface area (Å²) in [5.41, 5.74) is 13.3. The Bertz CT molecular complexity index is 3000. The fourth-order valence-electron chi connectivity index (χ4n) is 14.6. The number of rotatable bonds is 26. The first-order chi connectivity index (χ1) is 49.9. The summed E-state index contributed by atoms with van der Waals surface area (Å²) in [7, 11) is 4.47. The van der Waals surface area contributed by atoms with Crippen molar-refractivity contribution in [3.63, 3.8) is 0 Å². The molecular formula is C76H126N12O17. The predicted octanol–water partition coefficient (Wildman–Crippen LogP) is 3.40. The number of nitrogens with two attached hydrogens (primary N) is 2. The zero-order valence-corrected chi connectivity index (χ0v) is 64.4. The molecule has 1 aromatic carbocycles. The average molecular weight is 1480 g/mol. The minimum absolute atomic E-state index is 0.0214. The number of methoxy groups -OCH3 is 1. The number of aliphatic hydroxyl groups excluding tert-OH is 1. The van der Waals surface area contributed by atoms with Gasteiger partial charge >= 0.3 is 11.9 Å². The zero-order valence-electron chi connectivity index (χ0n) is 64.4. The fraction of sp³-hybridized carbons (Fsp3) is 0.763. The summed E-state index contributed by atoms with van der Waals surface area (Å²) in [5.74, 6) is -12.7. The maximum Gasteiger partial charge on any atom is 0.325 e. The molecule has 29 nitrogen and oxygen atoms in total. The summed E-state index contributed by atoms with van der Waals surface area (Å²) < 4.78 is 24.3. The lowest BCUT2D eigenvalue weighted by molar-refractivity contribution is -0.159. The minimum atomic E-state index is -1.63. The van der Waals surface area contributed by atoms with Gasteiger partial charge in [0.25, 0.3) is 0 Å². The van der Waals surface area contributed by atoms with E-state index in [-0.39, 0.29) is 50.5 Å². The number of unbranched alkanes of at least 4 members (excludes halogenated alkanes) is 6. The zero-order chi connectivity index (χ0) is 77.6. The van der Waals surface area contributed by atoms with Crippen molar-refractivity contribution < 1.29 is 81.6 Å². The van der Waals surface area contributed by atoms with Crippen LogP contribution in [0.25, 0.3) is 0 Å². The lowest BCUT2D eigenvalue weighted by Gasteiger charge is -2.37. The van der Waals surface area contributed by atoms with E-state index in [1.54, 1.807) is 38.1 Å². The number of nitrogens with one attached hydrogen (secondary N) is 8. The van der Waals surface area contributed by atoms with Crippen molar-refractivity contribution in [2.45, 2.75) is 289 Å². The van der Waals surface area contributed by atoms with Crippen LogP contribution in [-0.4, -0.2) is 212 Å². The first-order valence-corrected chi connectivity index (χ1v) is 38.6. The minimum Gasteiger partial charge on any atom is -0.497 e. The van der Waals surface area contributed by atoms with E-state index in [0.717, 1.165) is 57.8 Å². The Morgan fingerprint density at radius 1 is 0.552 bits per heavy atom. The van der Waals surface area contributed by atoms with Crippen LogP contribution >= 0.6 is 0 Å². The number of hydrogen-bond acceptors (Lipinski definition) is 19. The van der Waals surface area contributed by atoms with Crippen LogP contribution in [0.3, 0.4) is 0 Å². The summed E-state index contributed by atoms with van der Waals surface area (Å²) in [6, 6.07) is -5.33. The molecule has 2 heterocycles. The number of esters is 2. The number of cyclic esters (lactones) is 2. The van der Waals surface area contributed by atoms with Gasteiger partial charge in [-0.05, 0) is 133 Å². The highest BCUT2D eigenvalue weighted by Gasteiger charge is 2.44. The van der Waals surface area contributed by atoms with Crippen molar-refractivity contribution >= 4 is 71.0 Å². The molecule has 16 atom stereocenters. The summed E-state index contributed by atoms with van der Waals surface area (Å²) in [5, 5.41) is 32.5. The Morgan fingerprint density at radius 3 is 1.52 bits per heavy atom. The number of likely N-dealkylation sites (N-methyl/N-ethyl adjacent to an activating group) is 2. The number of hydrogen-bond donors (Lipinski definition) is 11. The standard InChI is InChI=1S/C76H126N12O17/c1-13-15-17-25-31-58-46(6)75(100)87(10)56(37-44(3)4)68(93)86-66(52-29-23-20-24-30-52)74(99)82-62(47(7)78)72(97)84-64(71(96)80-41-60(90)104-58)49(9)103-43-45(5)38-57-69(94)85-65(51-27-21-19-22-28-51)73(98)81-55(40-77)67(92)83-63(48(8)89)70(95)79-42-61(91)105-59(32-26-18-16-14-2)54(76(101)88(57)11)39-50-33-35-53(102-12)36-34-50/h33-36,44-49,51-52,54-59,62-66,89H,13-32,37-43,77-78H2,1-12H3,(H,79,95)(H,80,96)(H,81,98)(H,82,99)(H,83,92)(H,84,97)(H,85,94)(H,86,93)/t45?,46-,47+,48+,49+,54-,55+,56+,57+,58-,59-,62+,63+,64+,65+,66+/m1/s1. The Balaban J connectivity index is 1.60.